The summed E-state index contributed by atoms with van der Waals surface area (Å²) in [6.45, 7) is 2.23. The molecule has 0 saturated heterocycles. The molecule has 0 aromatic heterocycles. The van der Waals surface area contributed by atoms with Gasteiger partial charge in [-0.05, 0) is 56.9 Å². The molecule has 4 heteroatoms. The van der Waals surface area contributed by atoms with Gasteiger partial charge in [-0.3, -0.25) is 4.79 Å². The quantitative estimate of drug-likeness (QED) is 0.149. The number of allylic oxidation sites excluding steroid dienone is 8. The molecular formula is C31H45NO3. The van der Waals surface area contributed by atoms with Crippen molar-refractivity contribution in [3.05, 3.63) is 84.5 Å². The second kappa shape index (κ2) is 21.6. The number of nitrogens with one attached hydrogen (secondary N) is 1. The van der Waals surface area contributed by atoms with Crippen LogP contribution in [0.25, 0.3) is 0 Å². The molecule has 0 bridgehead atoms. The maximum Gasteiger partial charge on any atom is 0.326 e. The summed E-state index contributed by atoms with van der Waals surface area (Å²) in [5.74, 6) is -1.19. The van der Waals surface area contributed by atoms with E-state index in [1.165, 1.54) is 25.7 Å². The highest BCUT2D eigenvalue weighted by atomic mass is 16.4. The molecule has 0 spiro atoms. The Bertz CT molecular complexity index is 793. The largest absolute Gasteiger partial charge is 0.480 e. The Balaban J connectivity index is 2.03. The molecule has 0 unspecified atom stereocenters. The third-order valence-corrected chi connectivity index (χ3v) is 5.65. The second-order valence-corrected chi connectivity index (χ2v) is 8.84. The van der Waals surface area contributed by atoms with Crippen molar-refractivity contribution in [3.8, 4) is 0 Å². The minimum atomic E-state index is -0.997. The van der Waals surface area contributed by atoms with E-state index in [4.69, 9.17) is 0 Å². The molecule has 192 valence electrons. The zero-order chi connectivity index (χ0) is 25.4. The van der Waals surface area contributed by atoms with Crippen molar-refractivity contribution in [3.63, 3.8) is 0 Å². The van der Waals surface area contributed by atoms with E-state index in [-0.39, 0.29) is 5.91 Å². The maximum atomic E-state index is 12.1. The number of aliphatic carboxylic acids is 1. The summed E-state index contributed by atoms with van der Waals surface area (Å²) in [7, 11) is 0. The number of rotatable bonds is 20. The summed E-state index contributed by atoms with van der Waals surface area (Å²) in [6, 6.07) is 8.49. The van der Waals surface area contributed by atoms with E-state index in [2.05, 4.69) is 60.8 Å². The molecule has 0 radical (unpaired) electrons. The third kappa shape index (κ3) is 18.2. The molecule has 4 nitrogen and oxygen atoms in total. The van der Waals surface area contributed by atoms with E-state index in [0.717, 1.165) is 50.5 Å². The molecule has 0 heterocycles. The van der Waals surface area contributed by atoms with Crippen LogP contribution in [-0.2, 0) is 16.0 Å². The molecule has 0 saturated carbocycles. The second-order valence-electron chi connectivity index (χ2n) is 8.84. The third-order valence-electron chi connectivity index (χ3n) is 5.65. The lowest BCUT2D eigenvalue weighted by atomic mass is 10.1. The Morgan fingerprint density at radius 2 is 1.31 bits per heavy atom. The van der Waals surface area contributed by atoms with Gasteiger partial charge in [0.25, 0.3) is 0 Å². The fraction of sp³-hybridized carbons (Fsp3) is 0.484. The Morgan fingerprint density at radius 3 is 1.86 bits per heavy atom. The number of benzene rings is 1. The van der Waals surface area contributed by atoms with E-state index in [0.29, 0.717) is 12.8 Å². The first-order valence-corrected chi connectivity index (χ1v) is 13.3. The van der Waals surface area contributed by atoms with Crippen LogP contribution in [0.3, 0.4) is 0 Å². The van der Waals surface area contributed by atoms with Gasteiger partial charge in [-0.1, -0.05) is 105 Å². The molecule has 1 amide bonds. The van der Waals surface area contributed by atoms with Gasteiger partial charge in [-0.25, -0.2) is 4.79 Å². The number of amides is 1. The van der Waals surface area contributed by atoms with Gasteiger partial charge in [-0.2, -0.15) is 0 Å². The highest BCUT2D eigenvalue weighted by Gasteiger charge is 2.19. The minimum absolute atomic E-state index is 0.189. The number of carbonyl (C=O) groups is 2. The standard InChI is InChI=1S/C31H45NO3/c1-2-3-4-5-6-7-8-9-10-11-12-13-14-15-16-17-18-19-23-26-30(33)32-29(31(34)35)27-28-24-21-20-22-25-28/h6-7,9-10,12-13,15-16,20-22,24-25,29H,2-5,8,11,14,17-19,23,26-27H2,1H3,(H,32,33)(H,34,35)/b7-6-,10-9-,13-12-,16-15-/t29-/m0/s1. The number of hydrogen-bond donors (Lipinski definition) is 2. The lowest BCUT2D eigenvalue weighted by molar-refractivity contribution is -0.141. The molecular weight excluding hydrogens is 434 g/mol. The van der Waals surface area contributed by atoms with Crippen LogP contribution in [0.5, 0.6) is 0 Å². The van der Waals surface area contributed by atoms with Gasteiger partial charge < -0.3 is 10.4 Å². The van der Waals surface area contributed by atoms with Crippen LogP contribution in [0.2, 0.25) is 0 Å². The molecule has 1 aromatic rings. The van der Waals surface area contributed by atoms with E-state index in [1.54, 1.807) is 0 Å². The van der Waals surface area contributed by atoms with Crippen molar-refractivity contribution in [2.24, 2.45) is 0 Å². The van der Waals surface area contributed by atoms with Gasteiger partial charge in [0.05, 0.1) is 0 Å². The molecule has 1 atom stereocenters. The summed E-state index contributed by atoms with van der Waals surface area (Å²) < 4.78 is 0. The zero-order valence-electron chi connectivity index (χ0n) is 21.5. The topological polar surface area (TPSA) is 66.4 Å². The molecule has 1 aromatic carbocycles. The van der Waals surface area contributed by atoms with Crippen molar-refractivity contribution in [1.29, 1.82) is 0 Å². The monoisotopic (exact) mass is 479 g/mol. The lowest BCUT2D eigenvalue weighted by Gasteiger charge is -2.14. The van der Waals surface area contributed by atoms with Gasteiger partial charge in [0.2, 0.25) is 5.91 Å². The van der Waals surface area contributed by atoms with Crippen LogP contribution < -0.4 is 5.32 Å². The molecule has 0 fully saturated rings. The Labute approximate surface area is 212 Å². The summed E-state index contributed by atoms with van der Waals surface area (Å²) in [5.41, 5.74) is 0.902. The van der Waals surface area contributed by atoms with Crippen molar-refractivity contribution >= 4 is 11.9 Å². The first kappa shape index (κ1) is 30.2. The zero-order valence-corrected chi connectivity index (χ0v) is 21.5. The number of carbonyl (C=O) groups excluding carboxylic acids is 1. The number of carboxylic acids is 1. The Hall–Kier alpha value is -2.88. The van der Waals surface area contributed by atoms with Crippen molar-refractivity contribution < 1.29 is 14.7 Å². The number of unbranched alkanes of at least 4 members (excludes halogenated alkanes) is 6. The van der Waals surface area contributed by atoms with Gasteiger partial charge in [0.15, 0.2) is 0 Å². The van der Waals surface area contributed by atoms with E-state index < -0.39 is 12.0 Å². The number of carboxylic acid groups (broad SMARTS) is 1. The lowest BCUT2D eigenvalue weighted by Crippen LogP contribution is -2.42. The highest BCUT2D eigenvalue weighted by molar-refractivity contribution is 5.83. The SMILES string of the molecule is CCCCC/C=C\C/C=C\C/C=C\C/C=C\CCCCCC(=O)N[C@@H](Cc1ccccc1)C(=O)O. The molecule has 0 aliphatic carbocycles. The van der Waals surface area contributed by atoms with Gasteiger partial charge >= 0.3 is 5.97 Å². The Kier molecular flexibility index (Phi) is 18.6. The van der Waals surface area contributed by atoms with E-state index >= 15 is 0 Å². The van der Waals surface area contributed by atoms with Gasteiger partial charge in [0, 0.05) is 12.8 Å². The van der Waals surface area contributed by atoms with Gasteiger partial charge in [-0.15, -0.1) is 0 Å². The fourth-order valence-corrected chi connectivity index (χ4v) is 3.60. The smallest absolute Gasteiger partial charge is 0.326 e. The minimum Gasteiger partial charge on any atom is -0.480 e. The molecule has 0 aliphatic rings. The van der Waals surface area contributed by atoms with Gasteiger partial charge in [0.1, 0.15) is 6.04 Å². The van der Waals surface area contributed by atoms with Crippen molar-refractivity contribution in [1.82, 2.24) is 5.32 Å². The molecule has 1 rings (SSSR count). The first-order valence-electron chi connectivity index (χ1n) is 13.3. The van der Waals surface area contributed by atoms with Crippen LogP contribution in [-0.4, -0.2) is 23.0 Å². The maximum absolute atomic E-state index is 12.1. The van der Waals surface area contributed by atoms with Crippen molar-refractivity contribution in [2.45, 2.75) is 96.4 Å². The predicted octanol–water partition coefficient (Wildman–Crippen LogP) is 7.72. The summed E-state index contributed by atoms with van der Waals surface area (Å²) in [6.07, 6.45) is 30.3. The molecule has 2 N–H and O–H groups in total. The fourth-order valence-electron chi connectivity index (χ4n) is 3.60. The number of hydrogen-bond acceptors (Lipinski definition) is 2. The van der Waals surface area contributed by atoms with Crippen LogP contribution in [0.4, 0.5) is 0 Å². The average molecular weight is 480 g/mol. The van der Waals surface area contributed by atoms with Crippen LogP contribution in [0, 0.1) is 0 Å². The normalized spacial score (nSPS) is 12.8. The summed E-state index contributed by atoms with van der Waals surface area (Å²) in [5, 5.41) is 12.0. The van der Waals surface area contributed by atoms with Crippen LogP contribution in [0.15, 0.2) is 78.9 Å². The summed E-state index contributed by atoms with van der Waals surface area (Å²) >= 11 is 0. The Morgan fingerprint density at radius 1 is 0.771 bits per heavy atom. The molecule has 35 heavy (non-hydrogen) atoms. The van der Waals surface area contributed by atoms with E-state index in [9.17, 15) is 14.7 Å². The highest BCUT2D eigenvalue weighted by Crippen LogP contribution is 2.07. The summed E-state index contributed by atoms with van der Waals surface area (Å²) in [4.78, 5) is 23.6. The first-order chi connectivity index (χ1) is 17.1. The average Bonchev–Trinajstić information content (AvgIpc) is 2.85. The van der Waals surface area contributed by atoms with Crippen LogP contribution >= 0.6 is 0 Å². The predicted molar refractivity (Wildman–Crippen MR) is 147 cm³/mol. The van der Waals surface area contributed by atoms with Crippen LogP contribution in [0.1, 0.15) is 89.5 Å². The van der Waals surface area contributed by atoms with Crippen molar-refractivity contribution in [2.75, 3.05) is 0 Å². The molecule has 0 aliphatic heterocycles. The van der Waals surface area contributed by atoms with E-state index in [1.807, 2.05) is 30.3 Å².